The zero-order valence-electron chi connectivity index (χ0n) is 22.5. The van der Waals surface area contributed by atoms with Crippen molar-refractivity contribution in [2.24, 2.45) is 7.05 Å². The highest BCUT2D eigenvalue weighted by Gasteiger charge is 2.29. The topological polar surface area (TPSA) is 84.8 Å². The lowest BCUT2D eigenvalue weighted by Gasteiger charge is -2.33. The number of benzene rings is 2. The summed E-state index contributed by atoms with van der Waals surface area (Å²) in [5, 5.41) is 17.4. The number of carbonyl (C=O) groups excluding carboxylic acids is 1. The van der Waals surface area contributed by atoms with Crippen LogP contribution in [0, 0.1) is 12.7 Å². The minimum absolute atomic E-state index is 0.123. The molecule has 1 saturated heterocycles. The third-order valence-electron chi connectivity index (χ3n) is 8.14. The average Bonchev–Trinajstić information content (AvgIpc) is 3.51. The molecule has 0 unspecified atom stereocenters. The first-order valence-electron chi connectivity index (χ1n) is 13.6. The predicted octanol–water partition coefficient (Wildman–Crippen LogP) is 5.22. The minimum atomic E-state index is -0.571. The first-order valence-corrected chi connectivity index (χ1v) is 13.6. The Labute approximate surface area is 223 Å². The lowest BCUT2D eigenvalue weighted by atomic mass is 9.83. The summed E-state index contributed by atoms with van der Waals surface area (Å²) in [6.07, 6.45) is 5.58. The SMILES string of the molecule is Cc1c(CN[C@H]2CC[C@](C)(O)CC2)n(C)c2c(F)c(NC(=O)c3ccc(OC[C@@H]4CCCO4)cc3)ccc12. The van der Waals surface area contributed by atoms with Crippen LogP contribution in [0.25, 0.3) is 10.9 Å². The van der Waals surface area contributed by atoms with E-state index in [1.807, 2.05) is 31.5 Å². The van der Waals surface area contributed by atoms with Crippen molar-refractivity contribution in [3.63, 3.8) is 0 Å². The maximum atomic E-state index is 15.7. The van der Waals surface area contributed by atoms with E-state index in [4.69, 9.17) is 9.47 Å². The van der Waals surface area contributed by atoms with E-state index in [0.717, 1.165) is 61.8 Å². The van der Waals surface area contributed by atoms with Crippen molar-refractivity contribution in [2.75, 3.05) is 18.5 Å². The molecule has 0 radical (unpaired) electrons. The van der Waals surface area contributed by atoms with Crippen LogP contribution in [0.2, 0.25) is 0 Å². The number of fused-ring (bicyclic) bond motifs is 1. The number of nitrogens with zero attached hydrogens (tertiary/aromatic N) is 1. The van der Waals surface area contributed by atoms with Crippen molar-refractivity contribution in [1.82, 2.24) is 9.88 Å². The van der Waals surface area contributed by atoms with Crippen molar-refractivity contribution in [3.8, 4) is 5.75 Å². The molecule has 2 heterocycles. The van der Waals surface area contributed by atoms with Gasteiger partial charge in [-0.05, 0) is 88.3 Å². The summed E-state index contributed by atoms with van der Waals surface area (Å²) in [6, 6.07) is 10.7. The lowest BCUT2D eigenvalue weighted by Crippen LogP contribution is -2.39. The van der Waals surface area contributed by atoms with Crippen LogP contribution < -0.4 is 15.4 Å². The molecule has 5 rings (SSSR count). The predicted molar refractivity (Wildman–Crippen MR) is 146 cm³/mol. The molecule has 3 aromatic rings. The van der Waals surface area contributed by atoms with Gasteiger partial charge in [-0.25, -0.2) is 4.39 Å². The Morgan fingerprint density at radius 3 is 2.61 bits per heavy atom. The van der Waals surface area contributed by atoms with Gasteiger partial charge in [-0.3, -0.25) is 4.79 Å². The van der Waals surface area contributed by atoms with Gasteiger partial charge in [0.2, 0.25) is 0 Å². The summed E-state index contributed by atoms with van der Waals surface area (Å²) in [5.74, 6) is -0.156. The van der Waals surface area contributed by atoms with E-state index in [-0.39, 0.29) is 17.7 Å². The van der Waals surface area contributed by atoms with Gasteiger partial charge < -0.3 is 29.8 Å². The summed E-state index contributed by atoms with van der Waals surface area (Å²) in [4.78, 5) is 12.9. The van der Waals surface area contributed by atoms with E-state index in [1.165, 1.54) is 0 Å². The monoisotopic (exact) mass is 523 g/mol. The first kappa shape index (κ1) is 26.7. The van der Waals surface area contributed by atoms with Crippen LogP contribution in [0.3, 0.4) is 0 Å². The molecular weight excluding hydrogens is 485 g/mol. The number of ether oxygens (including phenoxy) is 2. The molecule has 2 aromatic carbocycles. The van der Waals surface area contributed by atoms with Gasteiger partial charge in [0.25, 0.3) is 5.91 Å². The summed E-state index contributed by atoms with van der Waals surface area (Å²) in [6.45, 7) is 5.79. The Balaban J connectivity index is 1.25. The van der Waals surface area contributed by atoms with Crippen LogP contribution in [0.15, 0.2) is 36.4 Å². The van der Waals surface area contributed by atoms with Crippen molar-refractivity contribution in [3.05, 3.63) is 59.0 Å². The number of hydrogen-bond donors (Lipinski definition) is 3. The molecule has 8 heteroatoms. The molecule has 0 spiro atoms. The molecule has 1 aliphatic carbocycles. The largest absolute Gasteiger partial charge is 0.491 e. The first-order chi connectivity index (χ1) is 18.2. The van der Waals surface area contributed by atoms with E-state index < -0.39 is 11.4 Å². The van der Waals surface area contributed by atoms with E-state index in [9.17, 15) is 9.90 Å². The van der Waals surface area contributed by atoms with Gasteiger partial charge in [-0.15, -0.1) is 0 Å². The van der Waals surface area contributed by atoms with Crippen molar-refractivity contribution < 1.29 is 23.8 Å². The molecule has 2 fully saturated rings. The number of hydrogen-bond acceptors (Lipinski definition) is 5. The summed E-state index contributed by atoms with van der Waals surface area (Å²) in [5.41, 5.74) is 2.51. The molecule has 204 valence electrons. The molecule has 1 aromatic heterocycles. The van der Waals surface area contributed by atoms with Crippen LogP contribution in [-0.2, 0) is 18.3 Å². The second kappa shape index (κ2) is 11.0. The van der Waals surface area contributed by atoms with Crippen LogP contribution in [0.1, 0.15) is 67.1 Å². The van der Waals surface area contributed by atoms with Crippen molar-refractivity contribution in [1.29, 1.82) is 0 Å². The summed E-state index contributed by atoms with van der Waals surface area (Å²) < 4.78 is 28.9. The number of anilines is 1. The number of aliphatic hydroxyl groups is 1. The Hall–Kier alpha value is -2.94. The van der Waals surface area contributed by atoms with Crippen LogP contribution in [0.5, 0.6) is 5.75 Å². The standard InChI is InChI=1S/C30H38FN3O4/c1-19-24-10-11-25(33-29(35)20-6-8-22(9-7-20)38-18-23-5-4-16-37-23)27(31)28(24)34(3)26(19)17-32-21-12-14-30(2,36)15-13-21/h6-11,21,23,32,36H,4-5,12-18H2,1-3H3,(H,33,35)/t21-,23-,30-/m0/s1. The number of aryl methyl sites for hydroxylation is 2. The molecule has 1 aliphatic heterocycles. The molecule has 1 atom stereocenters. The Bertz CT molecular complexity index is 1290. The molecule has 38 heavy (non-hydrogen) atoms. The van der Waals surface area contributed by atoms with E-state index in [1.54, 1.807) is 30.3 Å². The Morgan fingerprint density at radius 2 is 1.92 bits per heavy atom. The molecular formula is C30H38FN3O4. The summed E-state index contributed by atoms with van der Waals surface area (Å²) >= 11 is 0. The fourth-order valence-corrected chi connectivity index (χ4v) is 5.63. The Kier molecular flexibility index (Phi) is 7.75. The maximum absolute atomic E-state index is 15.7. The third-order valence-corrected chi connectivity index (χ3v) is 8.14. The van der Waals surface area contributed by atoms with Gasteiger partial charge >= 0.3 is 0 Å². The Morgan fingerprint density at radius 1 is 1.18 bits per heavy atom. The fourth-order valence-electron chi connectivity index (χ4n) is 5.63. The maximum Gasteiger partial charge on any atom is 0.255 e. The van der Waals surface area contributed by atoms with Crippen LogP contribution >= 0.6 is 0 Å². The van der Waals surface area contributed by atoms with Gasteiger partial charge in [0.05, 0.1) is 22.9 Å². The highest BCUT2D eigenvalue weighted by molar-refractivity contribution is 6.05. The lowest BCUT2D eigenvalue weighted by molar-refractivity contribution is 0.0139. The second-order valence-corrected chi connectivity index (χ2v) is 11.0. The normalized spacial score (nSPS) is 23.6. The quantitative estimate of drug-likeness (QED) is 0.377. The number of aromatic nitrogens is 1. The number of nitrogens with one attached hydrogen (secondary N) is 2. The van der Waals surface area contributed by atoms with Gasteiger partial charge in [0.1, 0.15) is 12.4 Å². The van der Waals surface area contributed by atoms with Gasteiger partial charge in [-0.2, -0.15) is 0 Å². The number of halogens is 1. The molecule has 1 saturated carbocycles. The van der Waals surface area contributed by atoms with Gasteiger partial charge in [-0.1, -0.05) is 6.07 Å². The van der Waals surface area contributed by atoms with E-state index in [2.05, 4.69) is 10.6 Å². The molecule has 2 aliphatic rings. The zero-order chi connectivity index (χ0) is 26.9. The zero-order valence-corrected chi connectivity index (χ0v) is 22.5. The number of carbonyl (C=O) groups is 1. The van der Waals surface area contributed by atoms with Gasteiger partial charge in [0, 0.05) is 42.9 Å². The molecule has 7 nitrogen and oxygen atoms in total. The van der Waals surface area contributed by atoms with Gasteiger partial charge in [0.15, 0.2) is 5.82 Å². The second-order valence-electron chi connectivity index (χ2n) is 11.0. The number of amides is 1. The molecule has 0 bridgehead atoms. The minimum Gasteiger partial charge on any atom is -0.491 e. The molecule has 3 N–H and O–H groups in total. The number of rotatable bonds is 8. The molecule has 1 amide bonds. The van der Waals surface area contributed by atoms with E-state index >= 15 is 4.39 Å². The van der Waals surface area contributed by atoms with Crippen molar-refractivity contribution in [2.45, 2.75) is 76.7 Å². The smallest absolute Gasteiger partial charge is 0.255 e. The highest BCUT2D eigenvalue weighted by Crippen LogP contribution is 2.32. The van der Waals surface area contributed by atoms with Crippen LogP contribution in [-0.4, -0.2) is 46.5 Å². The highest BCUT2D eigenvalue weighted by atomic mass is 19.1. The summed E-state index contributed by atoms with van der Waals surface area (Å²) in [7, 11) is 1.86. The average molecular weight is 524 g/mol. The fraction of sp³-hybridized carbons (Fsp3) is 0.500. The van der Waals surface area contributed by atoms with Crippen molar-refractivity contribution >= 4 is 22.5 Å². The third kappa shape index (κ3) is 5.72. The van der Waals surface area contributed by atoms with E-state index in [0.29, 0.717) is 36.0 Å². The van der Waals surface area contributed by atoms with Crippen LogP contribution in [0.4, 0.5) is 10.1 Å².